The summed E-state index contributed by atoms with van der Waals surface area (Å²) in [6.45, 7) is 0. The van der Waals surface area contributed by atoms with Crippen LogP contribution in [0.25, 0.3) is 6.08 Å². The number of carboxylic acid groups (broad SMARTS) is 1. The predicted molar refractivity (Wildman–Crippen MR) is 92.8 cm³/mol. The number of methoxy groups -OCH3 is 1. The largest absolute Gasteiger partial charge is 0.545 e. The second-order valence-corrected chi connectivity index (χ2v) is 5.57. The van der Waals surface area contributed by atoms with Gasteiger partial charge in [-0.1, -0.05) is 30.3 Å². The molecule has 3 rings (SSSR count). The highest BCUT2D eigenvalue weighted by Gasteiger charge is 2.36. The van der Waals surface area contributed by atoms with Gasteiger partial charge in [-0.05, 0) is 29.3 Å². The molecular weight excluding hydrogens is 352 g/mol. The van der Waals surface area contributed by atoms with E-state index in [0.717, 1.165) is 4.90 Å². The molecule has 0 radical (unpaired) electrons. The third kappa shape index (κ3) is 3.54. The molecule has 1 aliphatic rings. The summed E-state index contributed by atoms with van der Waals surface area (Å²) in [5.41, 5.74) is 0.351. The monoisotopic (exact) mass is 365 g/mol. The SMILES string of the molecule is COc1cccc(N2C(=O)NC(=O)/C(=C/c3ccc(C(=O)[O-])cc3)C2=O)c1. The van der Waals surface area contributed by atoms with Gasteiger partial charge in [0.2, 0.25) is 0 Å². The fourth-order valence-electron chi connectivity index (χ4n) is 2.52. The topological polar surface area (TPSA) is 116 Å². The highest BCUT2D eigenvalue weighted by Crippen LogP contribution is 2.25. The van der Waals surface area contributed by atoms with E-state index in [-0.39, 0.29) is 16.8 Å². The van der Waals surface area contributed by atoms with Crippen LogP contribution in [0.3, 0.4) is 0 Å². The number of benzene rings is 2. The van der Waals surface area contributed by atoms with E-state index in [4.69, 9.17) is 4.74 Å². The number of hydrogen-bond acceptors (Lipinski definition) is 6. The number of ether oxygens (including phenoxy) is 1. The van der Waals surface area contributed by atoms with E-state index in [9.17, 15) is 24.3 Å². The minimum Gasteiger partial charge on any atom is -0.545 e. The number of imide groups is 2. The van der Waals surface area contributed by atoms with Crippen LogP contribution in [0, 0.1) is 0 Å². The quantitative estimate of drug-likeness (QED) is 0.631. The van der Waals surface area contributed by atoms with Crippen molar-refractivity contribution in [1.29, 1.82) is 0 Å². The molecule has 8 nitrogen and oxygen atoms in total. The maximum Gasteiger partial charge on any atom is 0.335 e. The van der Waals surface area contributed by atoms with Crippen molar-refractivity contribution in [2.24, 2.45) is 0 Å². The average molecular weight is 365 g/mol. The molecule has 136 valence electrons. The number of urea groups is 1. The lowest BCUT2D eigenvalue weighted by Gasteiger charge is -2.26. The van der Waals surface area contributed by atoms with E-state index in [1.165, 1.54) is 49.6 Å². The lowest BCUT2D eigenvalue weighted by atomic mass is 10.1. The molecule has 2 aromatic carbocycles. The molecule has 0 spiro atoms. The first-order valence-corrected chi connectivity index (χ1v) is 7.77. The number of nitrogens with one attached hydrogen (secondary N) is 1. The molecule has 1 heterocycles. The van der Waals surface area contributed by atoms with Crippen LogP contribution in [-0.2, 0) is 9.59 Å². The third-order valence-corrected chi connectivity index (χ3v) is 3.87. The van der Waals surface area contributed by atoms with Gasteiger partial charge in [-0.3, -0.25) is 14.9 Å². The summed E-state index contributed by atoms with van der Waals surface area (Å²) in [5.74, 6) is -2.54. The Labute approximate surface area is 153 Å². The third-order valence-electron chi connectivity index (χ3n) is 3.87. The maximum atomic E-state index is 12.8. The fourth-order valence-corrected chi connectivity index (χ4v) is 2.52. The van der Waals surface area contributed by atoms with Crippen LogP contribution in [0.4, 0.5) is 10.5 Å². The normalized spacial score (nSPS) is 15.7. The van der Waals surface area contributed by atoms with E-state index in [1.807, 2.05) is 0 Å². The lowest BCUT2D eigenvalue weighted by molar-refractivity contribution is -0.255. The minimum absolute atomic E-state index is 0.0373. The Morgan fingerprint density at radius 2 is 1.81 bits per heavy atom. The van der Waals surface area contributed by atoms with Crippen LogP contribution in [0.2, 0.25) is 0 Å². The number of hydrogen-bond donors (Lipinski definition) is 1. The molecule has 0 atom stereocenters. The Kier molecular flexibility index (Phi) is 4.71. The molecule has 0 unspecified atom stereocenters. The van der Waals surface area contributed by atoms with Crippen molar-refractivity contribution < 1.29 is 29.0 Å². The highest BCUT2D eigenvalue weighted by molar-refractivity contribution is 6.39. The van der Waals surface area contributed by atoms with Crippen LogP contribution < -0.4 is 20.1 Å². The van der Waals surface area contributed by atoms with Crippen molar-refractivity contribution >= 4 is 35.6 Å². The van der Waals surface area contributed by atoms with Crippen molar-refractivity contribution in [3.8, 4) is 5.75 Å². The number of aromatic carboxylic acids is 1. The van der Waals surface area contributed by atoms with E-state index in [2.05, 4.69) is 5.32 Å². The average Bonchev–Trinajstić information content (AvgIpc) is 2.65. The Hall–Kier alpha value is -3.94. The van der Waals surface area contributed by atoms with Gasteiger partial charge in [0.25, 0.3) is 11.8 Å². The molecule has 0 aliphatic carbocycles. The molecule has 1 N–H and O–H groups in total. The van der Waals surface area contributed by atoms with Gasteiger partial charge in [0.15, 0.2) is 0 Å². The summed E-state index contributed by atoms with van der Waals surface area (Å²) in [5, 5.41) is 12.9. The lowest BCUT2D eigenvalue weighted by Crippen LogP contribution is -2.54. The molecule has 0 aromatic heterocycles. The Bertz CT molecular complexity index is 978. The van der Waals surface area contributed by atoms with Crippen molar-refractivity contribution in [1.82, 2.24) is 5.32 Å². The van der Waals surface area contributed by atoms with Gasteiger partial charge < -0.3 is 14.6 Å². The van der Waals surface area contributed by atoms with Gasteiger partial charge >= 0.3 is 6.03 Å². The first-order chi connectivity index (χ1) is 12.9. The molecule has 1 saturated heterocycles. The Balaban J connectivity index is 1.97. The van der Waals surface area contributed by atoms with Crippen molar-refractivity contribution in [2.45, 2.75) is 0 Å². The second kappa shape index (κ2) is 7.12. The number of carbonyl (C=O) groups is 4. The maximum absolute atomic E-state index is 12.8. The van der Waals surface area contributed by atoms with Crippen LogP contribution in [-0.4, -0.2) is 30.9 Å². The first kappa shape index (κ1) is 17.9. The van der Waals surface area contributed by atoms with Gasteiger partial charge in [0.1, 0.15) is 11.3 Å². The highest BCUT2D eigenvalue weighted by atomic mass is 16.5. The molecule has 1 aliphatic heterocycles. The standard InChI is InChI=1S/C19H14N2O6/c1-27-14-4-2-3-13(10-14)21-17(23)15(16(22)20-19(21)26)9-11-5-7-12(8-6-11)18(24)25/h2-10H,1H3,(H,24,25)(H,20,22,26)/p-1/b15-9-. The molecule has 4 amide bonds. The predicted octanol–water partition coefficient (Wildman–Crippen LogP) is 0.725. The molecule has 0 saturated carbocycles. The Morgan fingerprint density at radius 3 is 2.44 bits per heavy atom. The van der Waals surface area contributed by atoms with Crippen LogP contribution in [0.5, 0.6) is 5.75 Å². The zero-order valence-electron chi connectivity index (χ0n) is 14.1. The number of barbiturate groups is 1. The van der Waals surface area contributed by atoms with Crippen LogP contribution in [0.15, 0.2) is 54.1 Å². The van der Waals surface area contributed by atoms with E-state index < -0.39 is 23.8 Å². The van der Waals surface area contributed by atoms with E-state index in [1.54, 1.807) is 12.1 Å². The van der Waals surface area contributed by atoms with Gasteiger partial charge in [0, 0.05) is 6.07 Å². The van der Waals surface area contributed by atoms with Gasteiger partial charge in [-0.25, -0.2) is 9.69 Å². The molecule has 27 heavy (non-hydrogen) atoms. The van der Waals surface area contributed by atoms with Crippen LogP contribution in [0.1, 0.15) is 15.9 Å². The molecule has 8 heteroatoms. The zero-order valence-corrected chi connectivity index (χ0v) is 14.1. The van der Waals surface area contributed by atoms with Gasteiger partial charge in [-0.15, -0.1) is 0 Å². The van der Waals surface area contributed by atoms with Gasteiger partial charge in [0.05, 0.1) is 18.8 Å². The smallest absolute Gasteiger partial charge is 0.335 e. The number of amides is 4. The number of carboxylic acids is 1. The van der Waals surface area contributed by atoms with E-state index >= 15 is 0 Å². The number of anilines is 1. The molecule has 2 aromatic rings. The number of carbonyl (C=O) groups excluding carboxylic acids is 4. The summed E-state index contributed by atoms with van der Waals surface area (Å²) >= 11 is 0. The van der Waals surface area contributed by atoms with Crippen molar-refractivity contribution in [3.63, 3.8) is 0 Å². The van der Waals surface area contributed by atoms with E-state index in [0.29, 0.717) is 11.3 Å². The van der Waals surface area contributed by atoms with Crippen molar-refractivity contribution in [2.75, 3.05) is 12.0 Å². The molecule has 0 bridgehead atoms. The minimum atomic E-state index is -1.34. The molecular formula is C19H13N2O6-. The number of rotatable bonds is 4. The molecule has 1 fully saturated rings. The summed E-state index contributed by atoms with van der Waals surface area (Å²) in [7, 11) is 1.45. The van der Waals surface area contributed by atoms with Crippen LogP contribution >= 0.6 is 0 Å². The summed E-state index contributed by atoms with van der Waals surface area (Å²) in [6.07, 6.45) is 1.27. The zero-order chi connectivity index (χ0) is 19.6. The van der Waals surface area contributed by atoms with Gasteiger partial charge in [-0.2, -0.15) is 0 Å². The second-order valence-electron chi connectivity index (χ2n) is 5.57. The summed E-state index contributed by atoms with van der Waals surface area (Å²) in [4.78, 5) is 48.7. The summed E-state index contributed by atoms with van der Waals surface area (Å²) in [6, 6.07) is 10.8. The number of nitrogens with zero attached hydrogens (tertiary/aromatic N) is 1. The van der Waals surface area contributed by atoms with Crippen molar-refractivity contribution in [3.05, 3.63) is 65.2 Å². The first-order valence-electron chi connectivity index (χ1n) is 7.77. The fraction of sp³-hybridized carbons (Fsp3) is 0.0526. The summed E-state index contributed by atoms with van der Waals surface area (Å²) < 4.78 is 5.09. The Morgan fingerprint density at radius 1 is 1.11 bits per heavy atom.